The maximum Gasteiger partial charge on any atom is 0.243 e. The van der Waals surface area contributed by atoms with E-state index in [0.717, 1.165) is 16.7 Å². The predicted octanol–water partition coefficient (Wildman–Crippen LogP) is 1.90. The Morgan fingerprint density at radius 3 is 2.09 bits per heavy atom. The first-order chi connectivity index (χ1) is 10.2. The summed E-state index contributed by atoms with van der Waals surface area (Å²) in [4.78, 5) is 11.5. The van der Waals surface area contributed by atoms with E-state index in [1.165, 1.54) is 11.2 Å². The average Bonchev–Trinajstić information content (AvgIpc) is 2.36. The van der Waals surface area contributed by atoms with Crippen LogP contribution in [0.15, 0.2) is 17.0 Å². The number of nitrogens with zero attached hydrogens (tertiary/aromatic N) is 1. The second kappa shape index (κ2) is 6.38. The van der Waals surface area contributed by atoms with Gasteiger partial charge in [-0.3, -0.25) is 4.79 Å². The highest BCUT2D eigenvalue weighted by Crippen LogP contribution is 2.27. The predicted molar refractivity (Wildman–Crippen MR) is 86.3 cm³/mol. The normalized spacial score (nSPS) is 17.5. The quantitative estimate of drug-likeness (QED) is 0.923. The molecular weight excluding hydrogens is 300 g/mol. The maximum atomic E-state index is 12.9. The third-order valence-corrected chi connectivity index (χ3v) is 6.27. The fraction of sp³-hybridized carbons (Fsp3) is 0.562. The van der Waals surface area contributed by atoms with Gasteiger partial charge in [0, 0.05) is 26.1 Å². The zero-order valence-electron chi connectivity index (χ0n) is 13.6. The van der Waals surface area contributed by atoms with Gasteiger partial charge in [-0.25, -0.2) is 8.42 Å². The highest BCUT2D eigenvalue weighted by atomic mass is 32.2. The van der Waals surface area contributed by atoms with Crippen molar-refractivity contribution in [1.29, 1.82) is 0 Å². The van der Waals surface area contributed by atoms with Crippen molar-refractivity contribution >= 4 is 15.9 Å². The van der Waals surface area contributed by atoms with Crippen LogP contribution in [0.1, 0.15) is 36.5 Å². The number of nitrogens with one attached hydrogen (secondary N) is 1. The zero-order valence-corrected chi connectivity index (χ0v) is 14.5. The molecule has 5 nitrogen and oxygen atoms in total. The molecule has 1 aliphatic heterocycles. The first-order valence-corrected chi connectivity index (χ1v) is 9.01. The van der Waals surface area contributed by atoms with E-state index in [4.69, 9.17) is 0 Å². The van der Waals surface area contributed by atoms with E-state index >= 15 is 0 Å². The molecule has 1 heterocycles. The van der Waals surface area contributed by atoms with Crippen molar-refractivity contribution in [2.75, 3.05) is 13.1 Å². The monoisotopic (exact) mass is 324 g/mol. The number of amides is 1. The number of hydrogen-bond donors (Lipinski definition) is 1. The number of carbonyl (C=O) groups is 1. The molecule has 1 amide bonds. The summed E-state index contributed by atoms with van der Waals surface area (Å²) in [6.07, 6.45) is 1.31. The van der Waals surface area contributed by atoms with Gasteiger partial charge in [-0.15, -0.1) is 0 Å². The average molecular weight is 324 g/mol. The number of carbonyl (C=O) groups excluding carboxylic acids is 1. The lowest BCUT2D eigenvalue weighted by molar-refractivity contribution is -0.119. The van der Waals surface area contributed by atoms with Gasteiger partial charge >= 0.3 is 0 Å². The molecule has 0 aromatic heterocycles. The number of hydrogen-bond acceptors (Lipinski definition) is 3. The van der Waals surface area contributed by atoms with Crippen LogP contribution in [0.25, 0.3) is 0 Å². The van der Waals surface area contributed by atoms with Crippen molar-refractivity contribution in [2.24, 2.45) is 0 Å². The molecule has 1 N–H and O–H groups in total. The van der Waals surface area contributed by atoms with E-state index in [2.05, 4.69) is 5.32 Å². The Labute approximate surface area is 132 Å². The van der Waals surface area contributed by atoms with E-state index in [1.807, 2.05) is 32.9 Å². The summed E-state index contributed by atoms with van der Waals surface area (Å²) in [6.45, 7) is 8.03. The highest BCUT2D eigenvalue weighted by Gasteiger charge is 2.31. The molecule has 122 valence electrons. The van der Waals surface area contributed by atoms with Crippen LogP contribution in [-0.4, -0.2) is 37.8 Å². The fourth-order valence-electron chi connectivity index (χ4n) is 3.23. The van der Waals surface area contributed by atoms with Crippen molar-refractivity contribution in [3.8, 4) is 0 Å². The van der Waals surface area contributed by atoms with Crippen molar-refractivity contribution in [3.05, 3.63) is 28.8 Å². The summed E-state index contributed by atoms with van der Waals surface area (Å²) in [5, 5.41) is 2.86. The minimum absolute atomic E-state index is 0.0634. The van der Waals surface area contributed by atoms with Crippen LogP contribution in [0.4, 0.5) is 0 Å². The van der Waals surface area contributed by atoms with Gasteiger partial charge in [0.25, 0.3) is 0 Å². The number of aryl methyl sites for hydroxylation is 3. The van der Waals surface area contributed by atoms with Crippen molar-refractivity contribution in [3.63, 3.8) is 0 Å². The molecule has 0 atom stereocenters. The molecular formula is C16H24N2O3S. The summed E-state index contributed by atoms with van der Waals surface area (Å²) in [5.74, 6) is -0.0634. The minimum Gasteiger partial charge on any atom is -0.354 e. The molecule has 6 heteroatoms. The molecule has 0 saturated carbocycles. The second-order valence-electron chi connectivity index (χ2n) is 6.11. The highest BCUT2D eigenvalue weighted by molar-refractivity contribution is 7.89. The molecule has 0 aliphatic carbocycles. The third-order valence-electron chi connectivity index (χ3n) is 4.06. The molecule has 0 bridgehead atoms. The number of rotatable bonds is 3. The summed E-state index contributed by atoms with van der Waals surface area (Å²) in [6, 6.07) is 3.89. The van der Waals surface area contributed by atoms with Gasteiger partial charge in [0.2, 0.25) is 15.9 Å². The van der Waals surface area contributed by atoms with Crippen LogP contribution in [0.2, 0.25) is 0 Å². The van der Waals surface area contributed by atoms with E-state index in [1.54, 1.807) is 0 Å². The van der Waals surface area contributed by atoms with Gasteiger partial charge in [-0.05, 0) is 44.7 Å². The van der Waals surface area contributed by atoms with Gasteiger partial charge in [-0.2, -0.15) is 4.31 Å². The molecule has 1 fully saturated rings. The molecule has 0 radical (unpaired) electrons. The van der Waals surface area contributed by atoms with E-state index < -0.39 is 10.0 Å². The SMILES string of the molecule is CC(=O)NC1CCN(S(=O)(=O)c2c(C)cc(C)cc2C)CC1. The molecule has 1 aromatic carbocycles. The third kappa shape index (κ3) is 3.50. The summed E-state index contributed by atoms with van der Waals surface area (Å²) < 4.78 is 27.4. The lowest BCUT2D eigenvalue weighted by Crippen LogP contribution is -2.46. The summed E-state index contributed by atoms with van der Waals surface area (Å²) >= 11 is 0. The van der Waals surface area contributed by atoms with Gasteiger partial charge in [-0.1, -0.05) is 17.7 Å². The van der Waals surface area contributed by atoms with Crippen molar-refractivity contribution in [1.82, 2.24) is 9.62 Å². The van der Waals surface area contributed by atoms with E-state index in [-0.39, 0.29) is 11.9 Å². The largest absolute Gasteiger partial charge is 0.354 e. The Morgan fingerprint density at radius 2 is 1.64 bits per heavy atom. The molecule has 1 aromatic rings. The van der Waals surface area contributed by atoms with Crippen LogP contribution < -0.4 is 5.32 Å². The fourth-order valence-corrected chi connectivity index (χ4v) is 5.11. The zero-order chi connectivity index (χ0) is 16.5. The van der Waals surface area contributed by atoms with Gasteiger partial charge in [0.15, 0.2) is 0 Å². The smallest absolute Gasteiger partial charge is 0.243 e. The lowest BCUT2D eigenvalue weighted by atomic mass is 10.1. The molecule has 0 unspecified atom stereocenters. The number of sulfonamides is 1. The first kappa shape index (κ1) is 17.0. The lowest BCUT2D eigenvalue weighted by Gasteiger charge is -2.32. The van der Waals surface area contributed by atoms with Crippen LogP contribution in [0.5, 0.6) is 0 Å². The molecule has 2 rings (SSSR count). The Balaban J connectivity index is 2.21. The van der Waals surface area contributed by atoms with Gasteiger partial charge < -0.3 is 5.32 Å². The van der Waals surface area contributed by atoms with Gasteiger partial charge in [0.05, 0.1) is 4.90 Å². The Kier molecular flexibility index (Phi) is 4.92. The minimum atomic E-state index is -3.47. The van der Waals surface area contributed by atoms with E-state index in [9.17, 15) is 13.2 Å². The van der Waals surface area contributed by atoms with Crippen molar-refractivity contribution < 1.29 is 13.2 Å². The van der Waals surface area contributed by atoms with E-state index in [0.29, 0.717) is 30.8 Å². The Bertz CT molecular complexity index is 652. The number of benzene rings is 1. The molecule has 1 saturated heterocycles. The maximum absolute atomic E-state index is 12.9. The molecule has 22 heavy (non-hydrogen) atoms. The summed E-state index contributed by atoms with van der Waals surface area (Å²) in [5.41, 5.74) is 2.65. The molecule has 1 aliphatic rings. The van der Waals surface area contributed by atoms with Crippen LogP contribution in [0.3, 0.4) is 0 Å². The Hall–Kier alpha value is -1.40. The van der Waals surface area contributed by atoms with Crippen LogP contribution in [-0.2, 0) is 14.8 Å². The second-order valence-corrected chi connectivity index (χ2v) is 7.98. The molecule has 0 spiro atoms. The van der Waals surface area contributed by atoms with Crippen LogP contribution >= 0.6 is 0 Å². The van der Waals surface area contributed by atoms with Gasteiger partial charge in [0.1, 0.15) is 0 Å². The topological polar surface area (TPSA) is 66.5 Å². The van der Waals surface area contributed by atoms with Crippen molar-refractivity contribution in [2.45, 2.75) is 51.5 Å². The standard InChI is InChI=1S/C16H24N2O3S/c1-11-9-12(2)16(13(3)10-11)22(20,21)18-7-5-15(6-8-18)17-14(4)19/h9-10,15H,5-8H2,1-4H3,(H,17,19). The first-order valence-electron chi connectivity index (χ1n) is 7.57. The number of piperidine rings is 1. The Morgan fingerprint density at radius 1 is 1.14 bits per heavy atom. The summed E-state index contributed by atoms with van der Waals surface area (Å²) in [7, 11) is -3.47. The van der Waals surface area contributed by atoms with Crippen LogP contribution in [0, 0.1) is 20.8 Å².